The molecule has 0 radical (unpaired) electrons. The van der Waals surface area contributed by atoms with Gasteiger partial charge in [-0.25, -0.2) is 0 Å². The summed E-state index contributed by atoms with van der Waals surface area (Å²) >= 11 is 0. The molecule has 1 rings (SSSR count). The van der Waals surface area contributed by atoms with E-state index in [2.05, 4.69) is 5.32 Å². The first-order valence-electron chi connectivity index (χ1n) is 6.45. The molecule has 0 bridgehead atoms. The number of rotatable bonds is 9. The molecule has 5 heteroatoms. The molecule has 1 fully saturated rings. The number of ether oxygens (including phenoxy) is 1. The van der Waals surface area contributed by atoms with Crippen molar-refractivity contribution in [1.29, 1.82) is 0 Å². The van der Waals surface area contributed by atoms with Gasteiger partial charge in [-0.2, -0.15) is 0 Å². The summed E-state index contributed by atoms with van der Waals surface area (Å²) < 4.78 is 5.16. The summed E-state index contributed by atoms with van der Waals surface area (Å²) in [6.45, 7) is 3.94. The summed E-state index contributed by atoms with van der Waals surface area (Å²) in [4.78, 5) is 11.4. The Bertz CT molecular complexity index is 209. The predicted molar refractivity (Wildman–Crippen MR) is 76.4 cm³/mol. The minimum Gasteiger partial charge on any atom is -0.380 e. The monoisotopic (exact) mass is 277 g/mol. The number of unbranched alkanes of at least 4 members (excludes halogenated alkanes) is 1. The van der Waals surface area contributed by atoms with Gasteiger partial charge in [-0.05, 0) is 26.2 Å². The molecule has 1 N–H and O–H groups in total. The van der Waals surface area contributed by atoms with E-state index in [1.165, 1.54) is 25.0 Å². The molecule has 100 valence electrons. The van der Waals surface area contributed by atoms with Gasteiger partial charge in [0.25, 0.3) is 0 Å². The van der Waals surface area contributed by atoms with Gasteiger partial charge in [-0.15, -0.1) is 0 Å². The lowest BCUT2D eigenvalue weighted by Gasteiger charge is -2.07. The highest BCUT2D eigenvalue weighted by Crippen LogP contribution is 2.39. The SMILES string of the molecule is CCOCCNC(=O)CCCC[C@@H]1CCSS1. The smallest absolute Gasteiger partial charge is 0.220 e. The zero-order valence-corrected chi connectivity index (χ0v) is 12.2. The molecule has 1 atom stereocenters. The lowest BCUT2D eigenvalue weighted by Crippen LogP contribution is -2.26. The highest BCUT2D eigenvalue weighted by Gasteiger charge is 2.15. The average Bonchev–Trinajstić information content (AvgIpc) is 2.83. The Morgan fingerprint density at radius 2 is 2.35 bits per heavy atom. The maximum atomic E-state index is 11.4. The van der Waals surface area contributed by atoms with Crippen LogP contribution >= 0.6 is 21.6 Å². The number of hydrogen-bond acceptors (Lipinski definition) is 4. The van der Waals surface area contributed by atoms with Gasteiger partial charge in [-0.3, -0.25) is 4.79 Å². The Balaban J connectivity index is 1.85. The van der Waals surface area contributed by atoms with Crippen LogP contribution in [-0.2, 0) is 9.53 Å². The first-order chi connectivity index (χ1) is 8.33. The number of amides is 1. The number of nitrogens with one attached hydrogen (secondary N) is 1. The second-order valence-corrected chi connectivity index (χ2v) is 6.91. The summed E-state index contributed by atoms with van der Waals surface area (Å²) in [5.74, 6) is 1.46. The lowest BCUT2D eigenvalue weighted by atomic mass is 10.1. The molecule has 17 heavy (non-hydrogen) atoms. The summed E-state index contributed by atoms with van der Waals surface area (Å²) in [5, 5.41) is 3.71. The van der Waals surface area contributed by atoms with Crippen LogP contribution in [0.5, 0.6) is 0 Å². The van der Waals surface area contributed by atoms with Crippen molar-refractivity contribution < 1.29 is 9.53 Å². The Hall–Kier alpha value is 0.130. The van der Waals surface area contributed by atoms with E-state index >= 15 is 0 Å². The Labute approximate surface area is 112 Å². The van der Waals surface area contributed by atoms with Gasteiger partial charge in [0.2, 0.25) is 5.91 Å². The van der Waals surface area contributed by atoms with Crippen molar-refractivity contribution >= 4 is 27.5 Å². The third-order valence-corrected chi connectivity index (χ3v) is 5.69. The van der Waals surface area contributed by atoms with Crippen molar-refractivity contribution in [3.05, 3.63) is 0 Å². The van der Waals surface area contributed by atoms with E-state index < -0.39 is 0 Å². The van der Waals surface area contributed by atoms with Crippen LogP contribution in [0.4, 0.5) is 0 Å². The van der Waals surface area contributed by atoms with Gasteiger partial charge in [0.15, 0.2) is 0 Å². The Kier molecular flexibility index (Phi) is 9.01. The highest BCUT2D eigenvalue weighted by molar-refractivity contribution is 8.77. The molecule has 0 aromatic carbocycles. The average molecular weight is 277 g/mol. The van der Waals surface area contributed by atoms with Crippen LogP contribution in [0.15, 0.2) is 0 Å². The van der Waals surface area contributed by atoms with Crippen LogP contribution in [0.3, 0.4) is 0 Å². The second kappa shape index (κ2) is 10.1. The molecule has 0 aromatic rings. The molecular weight excluding hydrogens is 254 g/mol. The highest BCUT2D eigenvalue weighted by atomic mass is 33.1. The van der Waals surface area contributed by atoms with Gasteiger partial charge >= 0.3 is 0 Å². The Morgan fingerprint density at radius 1 is 1.47 bits per heavy atom. The van der Waals surface area contributed by atoms with Crippen molar-refractivity contribution in [2.75, 3.05) is 25.5 Å². The second-order valence-electron chi connectivity index (χ2n) is 4.12. The van der Waals surface area contributed by atoms with Crippen molar-refractivity contribution in [3.8, 4) is 0 Å². The van der Waals surface area contributed by atoms with E-state index in [1.54, 1.807) is 0 Å². The fourth-order valence-corrected chi connectivity index (χ4v) is 4.75. The molecule has 0 aliphatic carbocycles. The standard InChI is InChI=1S/C12H23NO2S2/c1-2-15-9-8-13-12(14)6-4-3-5-11-7-10-16-17-11/h11H,2-10H2,1H3,(H,13,14)/t11-/m1/s1. The van der Waals surface area contributed by atoms with Gasteiger partial charge in [0.05, 0.1) is 6.61 Å². The zero-order valence-electron chi connectivity index (χ0n) is 10.6. The van der Waals surface area contributed by atoms with Crippen molar-refractivity contribution in [2.24, 2.45) is 0 Å². The van der Waals surface area contributed by atoms with Gasteiger partial charge in [0, 0.05) is 30.6 Å². The minimum absolute atomic E-state index is 0.165. The van der Waals surface area contributed by atoms with E-state index in [0.717, 1.165) is 11.7 Å². The van der Waals surface area contributed by atoms with Crippen LogP contribution in [0.2, 0.25) is 0 Å². The molecular formula is C12H23NO2S2. The molecule has 3 nitrogen and oxygen atoms in total. The molecule has 1 aliphatic heterocycles. The van der Waals surface area contributed by atoms with Crippen LogP contribution in [0, 0.1) is 0 Å². The van der Waals surface area contributed by atoms with E-state index in [9.17, 15) is 4.79 Å². The normalized spacial score (nSPS) is 19.5. The molecule has 1 heterocycles. The van der Waals surface area contributed by atoms with Gasteiger partial charge in [-0.1, -0.05) is 28.0 Å². The molecule has 0 unspecified atom stereocenters. The fourth-order valence-electron chi connectivity index (χ4n) is 1.72. The number of carbonyl (C=O) groups excluding carboxylic acids is 1. The third-order valence-electron chi connectivity index (χ3n) is 2.68. The topological polar surface area (TPSA) is 38.3 Å². The molecule has 1 saturated heterocycles. The summed E-state index contributed by atoms with van der Waals surface area (Å²) in [5.41, 5.74) is 0. The van der Waals surface area contributed by atoms with E-state index in [1.807, 2.05) is 28.5 Å². The molecule has 1 aliphatic rings. The van der Waals surface area contributed by atoms with E-state index in [4.69, 9.17) is 4.74 Å². The third kappa shape index (κ3) is 7.95. The maximum Gasteiger partial charge on any atom is 0.220 e. The Morgan fingerprint density at radius 3 is 3.06 bits per heavy atom. The van der Waals surface area contributed by atoms with Crippen molar-refractivity contribution in [3.63, 3.8) is 0 Å². The first-order valence-corrected chi connectivity index (χ1v) is 8.84. The zero-order chi connectivity index (χ0) is 12.3. The fraction of sp³-hybridized carbons (Fsp3) is 0.917. The van der Waals surface area contributed by atoms with Crippen LogP contribution < -0.4 is 5.32 Å². The van der Waals surface area contributed by atoms with Crippen molar-refractivity contribution in [1.82, 2.24) is 5.32 Å². The molecule has 0 spiro atoms. The first kappa shape index (κ1) is 15.2. The van der Waals surface area contributed by atoms with Crippen molar-refractivity contribution in [2.45, 2.75) is 44.3 Å². The maximum absolute atomic E-state index is 11.4. The summed E-state index contributed by atoms with van der Waals surface area (Å²) in [7, 11) is 4.01. The number of carbonyl (C=O) groups is 1. The summed E-state index contributed by atoms with van der Waals surface area (Å²) in [6.07, 6.45) is 5.47. The van der Waals surface area contributed by atoms with E-state index in [-0.39, 0.29) is 5.91 Å². The minimum atomic E-state index is 0.165. The van der Waals surface area contributed by atoms with Gasteiger partial charge in [0.1, 0.15) is 0 Å². The largest absolute Gasteiger partial charge is 0.380 e. The molecule has 0 aromatic heterocycles. The quantitative estimate of drug-likeness (QED) is 0.519. The molecule has 0 saturated carbocycles. The van der Waals surface area contributed by atoms with Crippen LogP contribution in [0.1, 0.15) is 39.0 Å². The molecule has 1 amide bonds. The van der Waals surface area contributed by atoms with Crippen LogP contribution in [0.25, 0.3) is 0 Å². The van der Waals surface area contributed by atoms with E-state index in [0.29, 0.717) is 26.2 Å². The lowest BCUT2D eigenvalue weighted by molar-refractivity contribution is -0.121. The number of hydrogen-bond donors (Lipinski definition) is 1. The van der Waals surface area contributed by atoms with Gasteiger partial charge < -0.3 is 10.1 Å². The van der Waals surface area contributed by atoms with Crippen LogP contribution in [-0.4, -0.2) is 36.7 Å². The summed E-state index contributed by atoms with van der Waals surface area (Å²) in [6, 6.07) is 0. The predicted octanol–water partition coefficient (Wildman–Crippen LogP) is 2.85.